The minimum atomic E-state index is -0.879. The third-order valence-corrected chi connectivity index (χ3v) is 12.1. The topological polar surface area (TPSA) is 99.1 Å². The lowest BCUT2D eigenvalue weighted by atomic mass is 10.1. The molecular formula is C59H104NO7+. The maximum Gasteiger partial charge on any atom is 0.362 e. The molecule has 0 saturated carbocycles. The number of carbonyl (C=O) groups excluding carboxylic acids is 2. The standard InChI is InChI=1S/C59H103NO7/c1-6-8-10-12-14-16-18-20-22-24-26-28-30-32-34-36-38-40-42-44-46-48-50-58(62)67-55(53-65-52-51-56(59(63)64)60(3,4)5)54-66-57(61)49-47-45-43-41-39-37-35-33-31-29-27-25-23-21-19-17-15-13-11-9-7-2/h8,10,14,16,20,22,26,28-29,31-32,34,55-56H,6-7,9,11-13,15,17-19,21,23-25,27,30,33,35-54H2,1-5H3/p+1/b10-8+,16-14+,22-20+,28-26+,31-29+,34-32+. The van der Waals surface area contributed by atoms with Crippen LogP contribution in [0.5, 0.6) is 0 Å². The Morgan fingerprint density at radius 1 is 0.463 bits per heavy atom. The number of quaternary nitrogens is 1. The number of ether oxygens (including phenoxy) is 3. The fraction of sp³-hybridized carbons (Fsp3) is 0.746. The van der Waals surface area contributed by atoms with Gasteiger partial charge in [0.25, 0.3) is 0 Å². The molecule has 0 amide bonds. The first-order valence-corrected chi connectivity index (χ1v) is 27.5. The molecule has 0 aliphatic heterocycles. The highest BCUT2D eigenvalue weighted by Crippen LogP contribution is 2.15. The Morgan fingerprint density at radius 3 is 1.25 bits per heavy atom. The first-order valence-electron chi connectivity index (χ1n) is 27.5. The fourth-order valence-electron chi connectivity index (χ4n) is 7.88. The van der Waals surface area contributed by atoms with Crippen LogP contribution in [0.3, 0.4) is 0 Å². The summed E-state index contributed by atoms with van der Waals surface area (Å²) in [6, 6.07) is -0.622. The van der Waals surface area contributed by atoms with Gasteiger partial charge in [-0.3, -0.25) is 9.59 Å². The Bertz CT molecular complexity index is 1320. The van der Waals surface area contributed by atoms with Crippen molar-refractivity contribution >= 4 is 17.9 Å². The van der Waals surface area contributed by atoms with E-state index in [4.69, 9.17) is 14.2 Å². The van der Waals surface area contributed by atoms with Gasteiger partial charge in [-0.1, -0.05) is 202 Å². The zero-order valence-corrected chi connectivity index (χ0v) is 44.1. The van der Waals surface area contributed by atoms with Crippen LogP contribution in [0.4, 0.5) is 0 Å². The van der Waals surface area contributed by atoms with Gasteiger partial charge in [0.15, 0.2) is 12.1 Å². The van der Waals surface area contributed by atoms with Gasteiger partial charge in [0.05, 0.1) is 34.4 Å². The van der Waals surface area contributed by atoms with Crippen LogP contribution in [0.15, 0.2) is 72.9 Å². The number of nitrogens with zero attached hydrogens (tertiary/aromatic N) is 1. The summed E-state index contributed by atoms with van der Waals surface area (Å²) in [6.45, 7) is 4.62. The first kappa shape index (κ1) is 63.8. The van der Waals surface area contributed by atoms with E-state index in [-0.39, 0.29) is 36.2 Å². The summed E-state index contributed by atoms with van der Waals surface area (Å²) in [5.74, 6) is -1.49. The zero-order valence-electron chi connectivity index (χ0n) is 44.1. The Balaban J connectivity index is 4.25. The third kappa shape index (κ3) is 47.6. The van der Waals surface area contributed by atoms with Gasteiger partial charge in [0.2, 0.25) is 0 Å². The average molecular weight is 939 g/mol. The van der Waals surface area contributed by atoms with Crippen LogP contribution in [0.1, 0.15) is 232 Å². The van der Waals surface area contributed by atoms with E-state index in [0.717, 1.165) is 83.5 Å². The molecular weight excluding hydrogens is 835 g/mol. The Morgan fingerprint density at radius 2 is 0.836 bits per heavy atom. The molecule has 386 valence electrons. The fourth-order valence-corrected chi connectivity index (χ4v) is 7.88. The SMILES string of the molecule is CC/C=C/C/C=C/C/C=C/C/C=C/C/C=C/CCCCCCCCC(=O)OC(COCCC(C(=O)O)[N+](C)(C)C)COC(=O)CCCCCCCCC/C=C/CCCCCCCCCCCC. The third-order valence-electron chi connectivity index (χ3n) is 12.1. The Hall–Kier alpha value is -3.23. The molecule has 0 aliphatic carbocycles. The van der Waals surface area contributed by atoms with Crippen molar-refractivity contribution in [1.82, 2.24) is 0 Å². The van der Waals surface area contributed by atoms with Crippen LogP contribution in [0.2, 0.25) is 0 Å². The predicted octanol–water partition coefficient (Wildman–Crippen LogP) is 16.3. The number of unbranched alkanes of at least 4 members (excludes halogenated alkanes) is 23. The van der Waals surface area contributed by atoms with Crippen molar-refractivity contribution in [2.75, 3.05) is 41.0 Å². The van der Waals surface area contributed by atoms with Crippen molar-refractivity contribution in [2.24, 2.45) is 0 Å². The van der Waals surface area contributed by atoms with Gasteiger partial charge in [-0.25, -0.2) is 4.79 Å². The summed E-state index contributed by atoms with van der Waals surface area (Å²) < 4.78 is 17.4. The minimum absolute atomic E-state index is 0.0511. The number of likely N-dealkylation sites (N-methyl/N-ethyl adjacent to an activating group) is 1. The number of hydrogen-bond acceptors (Lipinski definition) is 6. The van der Waals surface area contributed by atoms with Crippen molar-refractivity contribution in [3.8, 4) is 0 Å². The van der Waals surface area contributed by atoms with Crippen LogP contribution in [-0.2, 0) is 28.6 Å². The number of esters is 2. The van der Waals surface area contributed by atoms with Gasteiger partial charge < -0.3 is 23.8 Å². The van der Waals surface area contributed by atoms with Crippen LogP contribution in [0.25, 0.3) is 0 Å². The number of allylic oxidation sites excluding steroid dienone is 12. The van der Waals surface area contributed by atoms with E-state index in [9.17, 15) is 19.5 Å². The second-order valence-corrected chi connectivity index (χ2v) is 19.5. The molecule has 0 spiro atoms. The number of aliphatic carboxylic acids is 1. The molecule has 67 heavy (non-hydrogen) atoms. The van der Waals surface area contributed by atoms with Crippen LogP contribution in [-0.4, -0.2) is 80.6 Å². The van der Waals surface area contributed by atoms with Gasteiger partial charge in [-0.15, -0.1) is 0 Å². The minimum Gasteiger partial charge on any atom is -0.477 e. The molecule has 1 N–H and O–H groups in total. The van der Waals surface area contributed by atoms with Crippen molar-refractivity contribution < 1.29 is 38.2 Å². The van der Waals surface area contributed by atoms with Crippen LogP contribution >= 0.6 is 0 Å². The van der Waals surface area contributed by atoms with E-state index < -0.39 is 18.1 Å². The van der Waals surface area contributed by atoms with Crippen LogP contribution in [0, 0.1) is 0 Å². The molecule has 0 fully saturated rings. The molecule has 0 heterocycles. The van der Waals surface area contributed by atoms with E-state index in [1.165, 1.54) is 116 Å². The molecule has 2 unspecified atom stereocenters. The number of carboxylic acids is 1. The molecule has 0 aromatic heterocycles. The van der Waals surface area contributed by atoms with E-state index >= 15 is 0 Å². The monoisotopic (exact) mass is 939 g/mol. The lowest BCUT2D eigenvalue weighted by Gasteiger charge is -2.31. The highest BCUT2D eigenvalue weighted by molar-refractivity contribution is 5.72. The van der Waals surface area contributed by atoms with Gasteiger partial charge in [0.1, 0.15) is 6.61 Å². The highest BCUT2D eigenvalue weighted by atomic mass is 16.6. The molecule has 2 atom stereocenters. The van der Waals surface area contributed by atoms with Crippen molar-refractivity contribution in [3.63, 3.8) is 0 Å². The van der Waals surface area contributed by atoms with Crippen LogP contribution < -0.4 is 0 Å². The lowest BCUT2D eigenvalue weighted by molar-refractivity contribution is -0.887. The molecule has 0 bridgehead atoms. The quantitative estimate of drug-likeness (QED) is 0.0281. The van der Waals surface area contributed by atoms with Gasteiger partial charge >= 0.3 is 17.9 Å². The summed E-state index contributed by atoms with van der Waals surface area (Å²) in [5.41, 5.74) is 0. The van der Waals surface area contributed by atoms with E-state index in [1.807, 2.05) is 21.1 Å². The summed E-state index contributed by atoms with van der Waals surface area (Å²) in [4.78, 5) is 37.2. The van der Waals surface area contributed by atoms with Crippen molar-refractivity contribution in [3.05, 3.63) is 72.9 Å². The number of rotatable bonds is 49. The van der Waals surface area contributed by atoms with Gasteiger partial charge in [-0.05, 0) is 83.5 Å². The number of carboxylic acid groups (broad SMARTS) is 1. The van der Waals surface area contributed by atoms with Crippen molar-refractivity contribution in [1.29, 1.82) is 0 Å². The molecule has 0 aliphatic rings. The highest BCUT2D eigenvalue weighted by Gasteiger charge is 2.31. The molecule has 0 rings (SSSR count). The molecule has 8 nitrogen and oxygen atoms in total. The normalized spacial score (nSPS) is 13.4. The van der Waals surface area contributed by atoms with Gasteiger partial charge in [-0.2, -0.15) is 0 Å². The largest absolute Gasteiger partial charge is 0.477 e. The Labute approximate surface area is 412 Å². The number of carbonyl (C=O) groups is 3. The summed E-state index contributed by atoms with van der Waals surface area (Å²) in [5, 5.41) is 9.67. The smallest absolute Gasteiger partial charge is 0.362 e. The van der Waals surface area contributed by atoms with E-state index in [2.05, 4.69) is 86.8 Å². The molecule has 0 radical (unpaired) electrons. The average Bonchev–Trinajstić information content (AvgIpc) is 3.29. The van der Waals surface area contributed by atoms with Crippen molar-refractivity contribution in [2.45, 2.75) is 244 Å². The first-order chi connectivity index (χ1) is 32.6. The molecule has 0 saturated heterocycles. The predicted molar refractivity (Wildman–Crippen MR) is 284 cm³/mol. The Kier molecular flexibility index (Phi) is 46.8. The molecule has 8 heteroatoms. The summed E-state index contributed by atoms with van der Waals surface area (Å²) in [7, 11) is 5.53. The maximum absolute atomic E-state index is 12.8. The molecule has 0 aromatic rings. The maximum atomic E-state index is 12.8. The summed E-state index contributed by atoms with van der Waals surface area (Å²) in [6.07, 6.45) is 63.8. The van der Waals surface area contributed by atoms with E-state index in [0.29, 0.717) is 19.3 Å². The van der Waals surface area contributed by atoms with E-state index in [1.54, 1.807) is 0 Å². The lowest BCUT2D eigenvalue weighted by Crippen LogP contribution is -2.50. The van der Waals surface area contributed by atoms with Gasteiger partial charge in [0, 0.05) is 19.3 Å². The molecule has 0 aromatic carbocycles. The second-order valence-electron chi connectivity index (χ2n) is 19.5. The second kappa shape index (κ2) is 49.2. The summed E-state index contributed by atoms with van der Waals surface area (Å²) >= 11 is 0. The number of hydrogen-bond donors (Lipinski definition) is 1. The zero-order chi connectivity index (χ0) is 49.2.